The second kappa shape index (κ2) is 11.0. The molecule has 2 heterocycles. The Bertz CT molecular complexity index is 1330. The summed E-state index contributed by atoms with van der Waals surface area (Å²) in [7, 11) is 0. The minimum atomic E-state index is -4.36. The number of aryl methyl sites for hydroxylation is 1. The predicted octanol–water partition coefficient (Wildman–Crippen LogP) is 6.65. The van der Waals surface area contributed by atoms with E-state index in [4.69, 9.17) is 22.3 Å². The SMILES string of the molecule is CC(C)c1c(-c2ccc(F)c(F)c2)nc2n1CCN(C(=O)CN)C2(C)C.Cc1ccc(Cl)c(C(F)(F)F)c1. The number of nitrogens with zero attached hydrogens (tertiary/aromatic N) is 3. The maximum absolute atomic E-state index is 13.8. The Hall–Kier alpha value is -2.98. The minimum Gasteiger partial charge on any atom is -0.327 e. The van der Waals surface area contributed by atoms with E-state index >= 15 is 0 Å². The standard InChI is InChI=1S/C19H24F2N4O.C8H6ClF3/c1-11(2)17-16(12-5-6-13(20)14(21)9-12)23-18-19(3,4)25(15(26)10-22)8-7-24(17)18;1-5-2-3-7(9)6(4-5)8(10,11)12/h5-6,9,11H,7-8,10,22H2,1-4H3;2-4H,1H3. The summed E-state index contributed by atoms with van der Waals surface area (Å²) in [5, 5.41) is -0.256. The largest absolute Gasteiger partial charge is 0.417 e. The second-order valence-electron chi connectivity index (χ2n) is 9.89. The van der Waals surface area contributed by atoms with Crippen LogP contribution in [0.5, 0.6) is 0 Å². The zero-order valence-electron chi connectivity index (χ0n) is 21.8. The van der Waals surface area contributed by atoms with Crippen molar-refractivity contribution in [1.82, 2.24) is 14.5 Å². The summed E-state index contributed by atoms with van der Waals surface area (Å²) in [6.45, 7) is 10.6. The molecule has 206 valence electrons. The Morgan fingerprint density at radius 3 is 2.29 bits per heavy atom. The number of aromatic nitrogens is 2. The third kappa shape index (κ3) is 5.86. The van der Waals surface area contributed by atoms with Crippen LogP contribution in [0.15, 0.2) is 36.4 Å². The van der Waals surface area contributed by atoms with Crippen LogP contribution in [0.1, 0.15) is 56.3 Å². The van der Waals surface area contributed by atoms with Gasteiger partial charge in [0, 0.05) is 24.3 Å². The van der Waals surface area contributed by atoms with Gasteiger partial charge in [-0.25, -0.2) is 13.8 Å². The molecule has 0 saturated carbocycles. The van der Waals surface area contributed by atoms with Crippen molar-refractivity contribution in [2.24, 2.45) is 5.73 Å². The molecular formula is C27H30ClF5N4O. The summed E-state index contributed by atoms with van der Waals surface area (Å²) in [5.41, 5.74) is 6.80. The highest BCUT2D eigenvalue weighted by Gasteiger charge is 2.41. The van der Waals surface area contributed by atoms with Gasteiger partial charge in [-0.15, -0.1) is 0 Å². The summed E-state index contributed by atoms with van der Waals surface area (Å²) >= 11 is 5.36. The lowest BCUT2D eigenvalue weighted by Gasteiger charge is -2.42. The van der Waals surface area contributed by atoms with Gasteiger partial charge in [-0.1, -0.05) is 37.1 Å². The third-order valence-corrected chi connectivity index (χ3v) is 6.75. The maximum atomic E-state index is 13.8. The lowest BCUT2D eigenvalue weighted by molar-refractivity contribution is -0.138. The summed E-state index contributed by atoms with van der Waals surface area (Å²) in [6, 6.07) is 7.64. The van der Waals surface area contributed by atoms with Gasteiger partial charge in [0.05, 0.1) is 28.4 Å². The Balaban J connectivity index is 0.000000279. The van der Waals surface area contributed by atoms with E-state index < -0.39 is 28.9 Å². The van der Waals surface area contributed by atoms with Gasteiger partial charge in [-0.05, 0) is 57.0 Å². The smallest absolute Gasteiger partial charge is 0.327 e. The number of carbonyl (C=O) groups excluding carboxylic acids is 1. The van der Waals surface area contributed by atoms with Crippen LogP contribution < -0.4 is 5.73 Å². The fourth-order valence-electron chi connectivity index (χ4n) is 4.60. The molecule has 0 fully saturated rings. The van der Waals surface area contributed by atoms with Crippen LogP contribution in [0.25, 0.3) is 11.3 Å². The van der Waals surface area contributed by atoms with Crippen LogP contribution in [-0.2, 0) is 23.1 Å². The second-order valence-corrected chi connectivity index (χ2v) is 10.3. The van der Waals surface area contributed by atoms with E-state index in [9.17, 15) is 26.7 Å². The van der Waals surface area contributed by atoms with Crippen molar-refractivity contribution in [2.75, 3.05) is 13.1 Å². The van der Waals surface area contributed by atoms with Crippen LogP contribution in [0, 0.1) is 18.6 Å². The first-order valence-corrected chi connectivity index (χ1v) is 12.4. The van der Waals surface area contributed by atoms with Gasteiger partial charge < -0.3 is 15.2 Å². The number of hydrogen-bond donors (Lipinski definition) is 1. The van der Waals surface area contributed by atoms with E-state index in [0.29, 0.717) is 29.9 Å². The van der Waals surface area contributed by atoms with Crippen molar-refractivity contribution in [3.63, 3.8) is 0 Å². The normalized spacial score (nSPS) is 14.7. The molecule has 1 amide bonds. The molecule has 0 spiro atoms. The molecule has 1 aliphatic heterocycles. The first kappa shape index (κ1) is 29.6. The Labute approximate surface area is 223 Å². The summed E-state index contributed by atoms with van der Waals surface area (Å²) in [6.07, 6.45) is -4.36. The summed E-state index contributed by atoms with van der Waals surface area (Å²) in [5.74, 6) is -1.06. The highest BCUT2D eigenvalue weighted by Crippen LogP contribution is 2.39. The molecule has 2 aromatic carbocycles. The van der Waals surface area contributed by atoms with Gasteiger partial charge in [0.1, 0.15) is 5.82 Å². The van der Waals surface area contributed by atoms with E-state index in [-0.39, 0.29) is 23.4 Å². The maximum Gasteiger partial charge on any atom is 0.417 e. The van der Waals surface area contributed by atoms with E-state index in [1.54, 1.807) is 11.8 Å². The van der Waals surface area contributed by atoms with E-state index in [2.05, 4.69) is 4.57 Å². The highest BCUT2D eigenvalue weighted by atomic mass is 35.5. The number of benzene rings is 2. The zero-order valence-corrected chi connectivity index (χ0v) is 22.5. The molecule has 0 saturated heterocycles. The van der Waals surface area contributed by atoms with Crippen LogP contribution in [-0.4, -0.2) is 33.4 Å². The van der Waals surface area contributed by atoms with Crippen molar-refractivity contribution in [1.29, 1.82) is 0 Å². The molecule has 1 aromatic heterocycles. The molecule has 5 nitrogen and oxygen atoms in total. The molecule has 0 atom stereocenters. The number of halogens is 6. The van der Waals surface area contributed by atoms with Crippen molar-refractivity contribution >= 4 is 17.5 Å². The number of imidazole rings is 1. The first-order valence-electron chi connectivity index (χ1n) is 12.0. The molecular weight excluding hydrogens is 527 g/mol. The van der Waals surface area contributed by atoms with E-state index in [0.717, 1.165) is 23.7 Å². The Morgan fingerprint density at radius 1 is 1.11 bits per heavy atom. The number of nitrogens with two attached hydrogens (primary N) is 1. The van der Waals surface area contributed by atoms with Gasteiger partial charge in [-0.3, -0.25) is 4.79 Å². The molecule has 2 N–H and O–H groups in total. The Kier molecular flexibility index (Phi) is 8.58. The number of hydrogen-bond acceptors (Lipinski definition) is 3. The number of rotatable bonds is 3. The van der Waals surface area contributed by atoms with E-state index in [1.165, 1.54) is 24.3 Å². The fraction of sp³-hybridized carbons (Fsp3) is 0.407. The van der Waals surface area contributed by atoms with Crippen LogP contribution in [0.3, 0.4) is 0 Å². The van der Waals surface area contributed by atoms with Crippen LogP contribution in [0.4, 0.5) is 22.0 Å². The first-order chi connectivity index (χ1) is 17.6. The quantitative estimate of drug-likeness (QED) is 0.367. The van der Waals surface area contributed by atoms with Crippen molar-refractivity contribution in [3.8, 4) is 11.3 Å². The predicted molar refractivity (Wildman–Crippen MR) is 137 cm³/mol. The highest BCUT2D eigenvalue weighted by molar-refractivity contribution is 6.31. The van der Waals surface area contributed by atoms with Crippen molar-refractivity contribution < 1.29 is 26.7 Å². The van der Waals surface area contributed by atoms with Crippen molar-refractivity contribution in [2.45, 2.75) is 58.8 Å². The molecule has 11 heteroatoms. The summed E-state index contributed by atoms with van der Waals surface area (Å²) in [4.78, 5) is 18.7. The van der Waals surface area contributed by atoms with Gasteiger partial charge in [0.15, 0.2) is 11.6 Å². The van der Waals surface area contributed by atoms with Crippen molar-refractivity contribution in [3.05, 3.63) is 75.7 Å². The number of alkyl halides is 3. The van der Waals surface area contributed by atoms with Gasteiger partial charge in [0.2, 0.25) is 5.91 Å². The number of carbonyl (C=O) groups is 1. The summed E-state index contributed by atoms with van der Waals surface area (Å²) < 4.78 is 65.6. The molecule has 4 rings (SSSR count). The molecule has 38 heavy (non-hydrogen) atoms. The molecule has 0 bridgehead atoms. The minimum absolute atomic E-state index is 0.0583. The average Bonchev–Trinajstić information content (AvgIpc) is 3.23. The molecule has 0 radical (unpaired) electrons. The lowest BCUT2D eigenvalue weighted by Crippen LogP contribution is -2.53. The Morgan fingerprint density at radius 2 is 1.76 bits per heavy atom. The monoisotopic (exact) mass is 556 g/mol. The lowest BCUT2D eigenvalue weighted by atomic mass is 9.98. The van der Waals surface area contributed by atoms with E-state index in [1.807, 2.05) is 27.7 Å². The zero-order chi connectivity index (χ0) is 28.6. The number of fused-ring (bicyclic) bond motifs is 1. The van der Waals surface area contributed by atoms with Gasteiger partial charge >= 0.3 is 6.18 Å². The topological polar surface area (TPSA) is 64.2 Å². The fourth-order valence-corrected chi connectivity index (χ4v) is 4.83. The molecule has 1 aliphatic rings. The molecule has 0 aliphatic carbocycles. The molecule has 3 aromatic rings. The average molecular weight is 557 g/mol. The third-order valence-electron chi connectivity index (χ3n) is 6.42. The van der Waals surface area contributed by atoms with Gasteiger partial charge in [0.25, 0.3) is 0 Å². The van der Waals surface area contributed by atoms with Gasteiger partial charge in [-0.2, -0.15) is 13.2 Å². The van der Waals surface area contributed by atoms with Crippen LogP contribution in [0.2, 0.25) is 5.02 Å². The number of amides is 1. The molecule has 0 unspecified atom stereocenters. The van der Waals surface area contributed by atoms with Crippen LogP contribution >= 0.6 is 11.6 Å².